The molecule has 0 fully saturated rings. The van der Waals surface area contributed by atoms with Crippen LogP contribution in [0.2, 0.25) is 0 Å². The van der Waals surface area contributed by atoms with E-state index in [2.05, 4.69) is 29.6 Å². The van der Waals surface area contributed by atoms with Crippen molar-refractivity contribution in [3.8, 4) is 0 Å². The molecular weight excluding hydrogens is 220 g/mol. The molecule has 0 aromatic heterocycles. The van der Waals surface area contributed by atoms with Crippen LogP contribution in [0.15, 0.2) is 4.99 Å². The van der Waals surface area contributed by atoms with E-state index >= 15 is 0 Å². The number of hydrogen-bond acceptors (Lipinski definition) is 4. The highest BCUT2D eigenvalue weighted by Gasteiger charge is 1.96. The zero-order valence-corrected chi connectivity index (χ0v) is 11.2. The SMILES string of the molecule is COCCOCCCNC(=NCC(C)C)NN. The minimum absolute atomic E-state index is 0.525. The van der Waals surface area contributed by atoms with Crippen molar-refractivity contribution >= 4 is 5.96 Å². The Balaban J connectivity index is 3.46. The van der Waals surface area contributed by atoms with E-state index in [1.54, 1.807) is 7.11 Å². The molecule has 6 heteroatoms. The standard InChI is InChI=1S/C11H26N4O2/c1-10(2)9-14-11(15-12)13-5-4-6-17-8-7-16-3/h10H,4-9,12H2,1-3H3,(H2,13,14,15). The molecule has 0 saturated carbocycles. The summed E-state index contributed by atoms with van der Waals surface area (Å²) in [6.45, 7) is 7.75. The summed E-state index contributed by atoms with van der Waals surface area (Å²) in [6.07, 6.45) is 0.909. The topological polar surface area (TPSA) is 80.9 Å². The molecule has 0 radical (unpaired) electrons. The fraction of sp³-hybridized carbons (Fsp3) is 0.909. The third-order valence-electron chi connectivity index (χ3n) is 1.94. The number of hydrogen-bond donors (Lipinski definition) is 3. The van der Waals surface area contributed by atoms with Gasteiger partial charge in [-0.2, -0.15) is 0 Å². The predicted molar refractivity (Wildman–Crippen MR) is 69.8 cm³/mol. The van der Waals surface area contributed by atoms with E-state index < -0.39 is 0 Å². The first-order valence-electron chi connectivity index (χ1n) is 6.02. The second-order valence-corrected chi connectivity index (χ2v) is 4.11. The summed E-state index contributed by atoms with van der Waals surface area (Å²) in [5, 5.41) is 3.12. The van der Waals surface area contributed by atoms with Crippen LogP contribution in [0.1, 0.15) is 20.3 Å². The molecule has 0 aliphatic rings. The molecule has 0 rings (SSSR count). The maximum absolute atomic E-state index is 5.35. The van der Waals surface area contributed by atoms with Gasteiger partial charge in [-0.25, -0.2) is 5.84 Å². The maximum atomic E-state index is 5.35. The highest BCUT2D eigenvalue weighted by Crippen LogP contribution is 1.90. The minimum atomic E-state index is 0.525. The molecule has 0 atom stereocenters. The van der Waals surface area contributed by atoms with E-state index in [0.29, 0.717) is 31.7 Å². The molecule has 0 amide bonds. The van der Waals surface area contributed by atoms with Crippen LogP contribution in [-0.4, -0.2) is 46.0 Å². The summed E-state index contributed by atoms with van der Waals surface area (Å²) in [5.41, 5.74) is 2.55. The monoisotopic (exact) mass is 246 g/mol. The normalized spacial score (nSPS) is 11.9. The zero-order valence-electron chi connectivity index (χ0n) is 11.2. The lowest BCUT2D eigenvalue weighted by Crippen LogP contribution is -2.42. The average Bonchev–Trinajstić information content (AvgIpc) is 2.31. The number of guanidine groups is 1. The zero-order chi connectivity index (χ0) is 12.9. The number of hydrazine groups is 1. The summed E-state index contributed by atoms with van der Waals surface area (Å²) >= 11 is 0. The van der Waals surface area contributed by atoms with Crippen molar-refractivity contribution in [2.45, 2.75) is 20.3 Å². The van der Waals surface area contributed by atoms with Gasteiger partial charge in [-0.15, -0.1) is 0 Å². The Morgan fingerprint density at radius 2 is 2.06 bits per heavy atom. The third-order valence-corrected chi connectivity index (χ3v) is 1.94. The number of nitrogens with zero attached hydrogens (tertiary/aromatic N) is 1. The van der Waals surface area contributed by atoms with Gasteiger partial charge >= 0.3 is 0 Å². The van der Waals surface area contributed by atoms with Crippen molar-refractivity contribution in [2.24, 2.45) is 16.8 Å². The van der Waals surface area contributed by atoms with Crippen LogP contribution in [0.25, 0.3) is 0 Å². The highest BCUT2D eigenvalue weighted by atomic mass is 16.5. The number of rotatable bonds is 9. The Morgan fingerprint density at radius 1 is 1.29 bits per heavy atom. The van der Waals surface area contributed by atoms with Gasteiger partial charge in [0.05, 0.1) is 13.2 Å². The summed E-state index contributed by atoms with van der Waals surface area (Å²) in [5.74, 6) is 6.51. The molecule has 0 saturated heterocycles. The maximum Gasteiger partial charge on any atom is 0.205 e. The second-order valence-electron chi connectivity index (χ2n) is 4.11. The van der Waals surface area contributed by atoms with Crippen molar-refractivity contribution in [1.29, 1.82) is 0 Å². The number of methoxy groups -OCH3 is 1. The Morgan fingerprint density at radius 3 is 2.65 bits per heavy atom. The summed E-state index contributed by atoms with van der Waals surface area (Å²) in [4.78, 5) is 4.30. The Hall–Kier alpha value is -0.850. The van der Waals surface area contributed by atoms with Crippen molar-refractivity contribution in [3.05, 3.63) is 0 Å². The highest BCUT2D eigenvalue weighted by molar-refractivity contribution is 5.79. The van der Waals surface area contributed by atoms with Crippen molar-refractivity contribution in [1.82, 2.24) is 10.7 Å². The number of aliphatic imine (C=N–C) groups is 1. The van der Waals surface area contributed by atoms with Crippen molar-refractivity contribution in [2.75, 3.05) is 40.0 Å². The summed E-state index contributed by atoms with van der Waals surface area (Å²) in [6, 6.07) is 0. The Labute approximate surface area is 104 Å². The average molecular weight is 246 g/mol. The van der Waals surface area contributed by atoms with Gasteiger partial charge in [0.2, 0.25) is 5.96 Å². The lowest BCUT2D eigenvalue weighted by Gasteiger charge is -2.10. The second kappa shape index (κ2) is 11.6. The van der Waals surface area contributed by atoms with E-state index in [1.165, 1.54) is 0 Å². The molecule has 4 N–H and O–H groups in total. The molecule has 0 aromatic carbocycles. The predicted octanol–water partition coefficient (Wildman–Crippen LogP) is 0.104. The molecular formula is C11H26N4O2. The first kappa shape index (κ1) is 16.1. The van der Waals surface area contributed by atoms with E-state index in [-0.39, 0.29) is 0 Å². The molecule has 0 bridgehead atoms. The van der Waals surface area contributed by atoms with Crippen LogP contribution < -0.4 is 16.6 Å². The van der Waals surface area contributed by atoms with Gasteiger partial charge in [-0.05, 0) is 12.3 Å². The van der Waals surface area contributed by atoms with E-state index in [4.69, 9.17) is 15.3 Å². The number of ether oxygens (including phenoxy) is 2. The smallest absolute Gasteiger partial charge is 0.205 e. The molecule has 102 valence electrons. The van der Waals surface area contributed by atoms with Crippen molar-refractivity contribution in [3.63, 3.8) is 0 Å². The van der Waals surface area contributed by atoms with Crippen LogP contribution in [0.3, 0.4) is 0 Å². The largest absolute Gasteiger partial charge is 0.382 e. The quantitative estimate of drug-likeness (QED) is 0.177. The van der Waals surface area contributed by atoms with Gasteiger partial charge in [0.15, 0.2) is 0 Å². The van der Waals surface area contributed by atoms with Gasteiger partial charge in [0.1, 0.15) is 0 Å². The minimum Gasteiger partial charge on any atom is -0.382 e. The molecule has 0 unspecified atom stereocenters. The van der Waals surface area contributed by atoms with Gasteiger partial charge in [0, 0.05) is 26.8 Å². The molecule has 0 heterocycles. The summed E-state index contributed by atoms with van der Waals surface area (Å²) < 4.78 is 10.2. The lowest BCUT2D eigenvalue weighted by molar-refractivity contribution is 0.0698. The van der Waals surface area contributed by atoms with E-state index in [9.17, 15) is 0 Å². The van der Waals surface area contributed by atoms with Gasteiger partial charge in [-0.3, -0.25) is 10.4 Å². The van der Waals surface area contributed by atoms with Crippen LogP contribution >= 0.6 is 0 Å². The first-order chi connectivity index (χ1) is 8.20. The Bertz CT molecular complexity index is 198. The molecule has 6 nitrogen and oxygen atoms in total. The van der Waals surface area contributed by atoms with Crippen LogP contribution in [0, 0.1) is 5.92 Å². The van der Waals surface area contributed by atoms with Crippen LogP contribution in [0.4, 0.5) is 0 Å². The van der Waals surface area contributed by atoms with E-state index in [1.807, 2.05) is 0 Å². The summed E-state index contributed by atoms with van der Waals surface area (Å²) in [7, 11) is 1.66. The molecule has 0 spiro atoms. The van der Waals surface area contributed by atoms with Crippen molar-refractivity contribution < 1.29 is 9.47 Å². The van der Waals surface area contributed by atoms with Gasteiger partial charge in [-0.1, -0.05) is 13.8 Å². The molecule has 0 aromatic rings. The first-order valence-corrected chi connectivity index (χ1v) is 6.02. The van der Waals surface area contributed by atoms with E-state index in [0.717, 1.165) is 19.5 Å². The van der Waals surface area contributed by atoms with Crippen LogP contribution in [-0.2, 0) is 9.47 Å². The fourth-order valence-electron chi connectivity index (χ4n) is 1.05. The van der Waals surface area contributed by atoms with Gasteiger partial charge < -0.3 is 14.8 Å². The lowest BCUT2D eigenvalue weighted by atomic mass is 10.2. The molecule has 0 aliphatic carbocycles. The van der Waals surface area contributed by atoms with Gasteiger partial charge in [0.25, 0.3) is 0 Å². The Kier molecular flexibility index (Phi) is 11.0. The third kappa shape index (κ3) is 11.4. The van der Waals surface area contributed by atoms with Crippen LogP contribution in [0.5, 0.6) is 0 Å². The molecule has 17 heavy (non-hydrogen) atoms. The molecule has 0 aliphatic heterocycles. The number of nitrogens with two attached hydrogens (primary N) is 1. The fourth-order valence-corrected chi connectivity index (χ4v) is 1.05. The number of nitrogens with one attached hydrogen (secondary N) is 2.